The van der Waals surface area contributed by atoms with E-state index in [0.717, 1.165) is 25.9 Å². The highest BCUT2D eigenvalue weighted by Gasteiger charge is 2.29. The molecule has 0 bridgehead atoms. The van der Waals surface area contributed by atoms with Crippen LogP contribution >= 0.6 is 23.2 Å². The van der Waals surface area contributed by atoms with Crippen molar-refractivity contribution in [3.63, 3.8) is 0 Å². The van der Waals surface area contributed by atoms with Crippen LogP contribution in [0.5, 0.6) is 5.75 Å². The lowest BCUT2D eigenvalue weighted by Gasteiger charge is -2.27. The third kappa shape index (κ3) is 3.99. The largest absolute Gasteiger partial charge is 0.487 e. The van der Waals surface area contributed by atoms with Gasteiger partial charge in [0, 0.05) is 18.5 Å². The Morgan fingerprint density at radius 1 is 1.29 bits per heavy atom. The van der Waals surface area contributed by atoms with Crippen LogP contribution < -0.4 is 10.1 Å². The molecule has 0 radical (unpaired) electrons. The fraction of sp³-hybridized carbons (Fsp3) is 0.600. The van der Waals surface area contributed by atoms with Crippen molar-refractivity contribution < 1.29 is 13.5 Å². The molecule has 0 saturated carbocycles. The Hall–Kier alpha value is -0.580. The lowest BCUT2D eigenvalue weighted by Crippen LogP contribution is -2.30. The van der Waals surface area contributed by atoms with E-state index in [0.29, 0.717) is 12.0 Å². The predicted octanol–water partition coefficient (Wildman–Crippen LogP) is 4.67. The van der Waals surface area contributed by atoms with Crippen LogP contribution in [-0.2, 0) is 0 Å². The minimum Gasteiger partial charge on any atom is -0.487 e. The summed E-state index contributed by atoms with van der Waals surface area (Å²) in [6.45, 7) is 5.90. The molecule has 21 heavy (non-hydrogen) atoms. The van der Waals surface area contributed by atoms with Gasteiger partial charge in [-0.1, -0.05) is 37.0 Å². The molecule has 1 aromatic rings. The van der Waals surface area contributed by atoms with Crippen molar-refractivity contribution in [1.82, 2.24) is 5.32 Å². The number of ether oxygens (including phenoxy) is 1. The standard InChI is InChI=1S/C15H19Cl2F2NO/c1-8(2)5-12(9-3-4-20-7-9)21-15-13(16)10(18)6-11(19)14(15)17/h6,8-9,12,20H,3-5,7H2,1-2H3/t9?,12-/m0/s1. The lowest BCUT2D eigenvalue weighted by atomic mass is 9.93. The van der Waals surface area contributed by atoms with Crippen LogP contribution in [-0.4, -0.2) is 19.2 Å². The lowest BCUT2D eigenvalue weighted by molar-refractivity contribution is 0.119. The van der Waals surface area contributed by atoms with E-state index in [1.54, 1.807) is 0 Å². The SMILES string of the molecule is CC(C)C[C@H](Oc1c(Cl)c(F)cc(F)c1Cl)C1CCNC1. The summed E-state index contributed by atoms with van der Waals surface area (Å²) in [5, 5.41) is 2.74. The summed E-state index contributed by atoms with van der Waals surface area (Å²) in [4.78, 5) is 0. The maximum Gasteiger partial charge on any atom is 0.162 e. The van der Waals surface area contributed by atoms with Gasteiger partial charge in [-0.2, -0.15) is 0 Å². The molecule has 0 aliphatic carbocycles. The third-order valence-electron chi connectivity index (χ3n) is 3.67. The normalized spacial score (nSPS) is 20.0. The molecule has 1 unspecified atom stereocenters. The summed E-state index contributed by atoms with van der Waals surface area (Å²) in [5.74, 6) is -1.13. The van der Waals surface area contributed by atoms with Crippen molar-refractivity contribution in [2.45, 2.75) is 32.8 Å². The Morgan fingerprint density at radius 2 is 1.90 bits per heavy atom. The molecule has 0 spiro atoms. The van der Waals surface area contributed by atoms with Gasteiger partial charge in [0.1, 0.15) is 27.8 Å². The van der Waals surface area contributed by atoms with Gasteiger partial charge in [0.05, 0.1) is 0 Å². The highest BCUT2D eigenvalue weighted by molar-refractivity contribution is 6.37. The summed E-state index contributed by atoms with van der Waals surface area (Å²) < 4.78 is 33.0. The first-order valence-corrected chi connectivity index (χ1v) is 7.86. The number of rotatable bonds is 5. The van der Waals surface area contributed by atoms with E-state index in [-0.39, 0.29) is 27.8 Å². The molecule has 1 N–H and O–H groups in total. The van der Waals surface area contributed by atoms with Crippen molar-refractivity contribution in [3.05, 3.63) is 27.7 Å². The van der Waals surface area contributed by atoms with Gasteiger partial charge in [0.15, 0.2) is 5.75 Å². The molecular weight excluding hydrogens is 319 g/mol. The Labute approximate surface area is 133 Å². The fourth-order valence-corrected chi connectivity index (χ4v) is 3.04. The third-order valence-corrected chi connectivity index (χ3v) is 4.37. The van der Waals surface area contributed by atoms with Crippen molar-refractivity contribution in [2.24, 2.45) is 11.8 Å². The van der Waals surface area contributed by atoms with Gasteiger partial charge in [0.2, 0.25) is 0 Å². The minimum absolute atomic E-state index is 0.0895. The smallest absolute Gasteiger partial charge is 0.162 e. The van der Waals surface area contributed by atoms with Gasteiger partial charge in [-0.25, -0.2) is 8.78 Å². The highest BCUT2D eigenvalue weighted by Crippen LogP contribution is 2.39. The Morgan fingerprint density at radius 3 is 2.38 bits per heavy atom. The molecule has 1 saturated heterocycles. The Bertz CT molecular complexity index is 479. The second kappa shape index (κ2) is 7.12. The summed E-state index contributed by atoms with van der Waals surface area (Å²) in [5.41, 5.74) is 0. The second-order valence-corrected chi connectivity index (χ2v) is 6.59. The van der Waals surface area contributed by atoms with E-state index >= 15 is 0 Å². The maximum atomic E-state index is 13.6. The number of benzene rings is 1. The predicted molar refractivity (Wildman–Crippen MR) is 81.2 cm³/mol. The van der Waals surface area contributed by atoms with E-state index in [2.05, 4.69) is 19.2 Å². The van der Waals surface area contributed by atoms with E-state index < -0.39 is 11.6 Å². The summed E-state index contributed by atoms with van der Waals surface area (Å²) in [6.07, 6.45) is 1.57. The van der Waals surface area contributed by atoms with E-state index in [1.807, 2.05) is 0 Å². The molecule has 2 atom stereocenters. The topological polar surface area (TPSA) is 21.3 Å². The first-order chi connectivity index (χ1) is 9.90. The van der Waals surface area contributed by atoms with Crippen LogP contribution in [0, 0.1) is 23.5 Å². The van der Waals surface area contributed by atoms with E-state index in [4.69, 9.17) is 27.9 Å². The van der Waals surface area contributed by atoms with Crippen molar-refractivity contribution in [2.75, 3.05) is 13.1 Å². The molecule has 1 aromatic carbocycles. The van der Waals surface area contributed by atoms with Crippen molar-refractivity contribution >= 4 is 23.2 Å². The number of nitrogens with one attached hydrogen (secondary N) is 1. The number of halogens is 4. The van der Waals surface area contributed by atoms with Crippen molar-refractivity contribution in [3.8, 4) is 5.75 Å². The van der Waals surface area contributed by atoms with Crippen LogP contribution in [0.4, 0.5) is 8.78 Å². The minimum atomic E-state index is -0.860. The summed E-state index contributed by atoms with van der Waals surface area (Å²) in [6, 6.07) is 0.673. The van der Waals surface area contributed by atoms with Gasteiger partial charge in [0.25, 0.3) is 0 Å². The molecule has 1 fully saturated rings. The first-order valence-electron chi connectivity index (χ1n) is 7.10. The molecule has 0 amide bonds. The van der Waals surface area contributed by atoms with Crippen LogP contribution in [0.25, 0.3) is 0 Å². The molecule has 1 aliphatic heterocycles. The zero-order valence-corrected chi connectivity index (χ0v) is 13.6. The van der Waals surface area contributed by atoms with E-state index in [9.17, 15) is 8.78 Å². The Balaban J connectivity index is 2.27. The quantitative estimate of drug-likeness (QED) is 0.788. The summed E-state index contributed by atoms with van der Waals surface area (Å²) >= 11 is 11.8. The fourth-order valence-electron chi connectivity index (χ4n) is 2.60. The van der Waals surface area contributed by atoms with E-state index in [1.165, 1.54) is 0 Å². The molecular formula is C15H19Cl2F2NO. The molecule has 2 nitrogen and oxygen atoms in total. The molecule has 0 aromatic heterocycles. The number of hydrogen-bond donors (Lipinski definition) is 1. The molecule has 1 aliphatic rings. The van der Waals surface area contributed by atoms with Gasteiger partial charge in [-0.3, -0.25) is 0 Å². The first kappa shape index (κ1) is 16.8. The molecule has 1 heterocycles. The average Bonchev–Trinajstić information content (AvgIpc) is 2.93. The molecule has 2 rings (SSSR count). The van der Waals surface area contributed by atoms with Crippen LogP contribution in [0.3, 0.4) is 0 Å². The second-order valence-electron chi connectivity index (χ2n) is 5.84. The maximum absolute atomic E-state index is 13.6. The number of hydrogen-bond acceptors (Lipinski definition) is 2. The molecule has 6 heteroatoms. The van der Waals surface area contributed by atoms with Crippen LogP contribution in [0.2, 0.25) is 10.0 Å². The Kier molecular flexibility index (Phi) is 5.69. The zero-order valence-electron chi connectivity index (χ0n) is 12.1. The highest BCUT2D eigenvalue weighted by atomic mass is 35.5. The van der Waals surface area contributed by atoms with Crippen LogP contribution in [0.1, 0.15) is 26.7 Å². The van der Waals surface area contributed by atoms with Gasteiger partial charge in [-0.05, 0) is 25.3 Å². The zero-order chi connectivity index (χ0) is 15.6. The monoisotopic (exact) mass is 337 g/mol. The van der Waals surface area contributed by atoms with Crippen LogP contribution in [0.15, 0.2) is 6.07 Å². The van der Waals surface area contributed by atoms with Gasteiger partial charge < -0.3 is 10.1 Å². The van der Waals surface area contributed by atoms with Gasteiger partial charge >= 0.3 is 0 Å². The average molecular weight is 338 g/mol. The van der Waals surface area contributed by atoms with Crippen molar-refractivity contribution in [1.29, 1.82) is 0 Å². The van der Waals surface area contributed by atoms with Gasteiger partial charge in [-0.15, -0.1) is 0 Å². The summed E-state index contributed by atoms with van der Waals surface area (Å²) in [7, 11) is 0. The molecule has 118 valence electrons.